The number of ketones is 1. The van der Waals surface area contributed by atoms with Crippen molar-refractivity contribution in [3.8, 4) is 0 Å². The van der Waals surface area contributed by atoms with Crippen LogP contribution in [0.15, 0.2) is 42.9 Å². The van der Waals surface area contributed by atoms with E-state index in [1.165, 1.54) is 0 Å². The van der Waals surface area contributed by atoms with E-state index < -0.39 is 0 Å². The summed E-state index contributed by atoms with van der Waals surface area (Å²) in [6.45, 7) is 1.96. The van der Waals surface area contributed by atoms with Crippen molar-refractivity contribution >= 4 is 29.0 Å². The zero-order valence-electron chi connectivity index (χ0n) is 12.3. The SMILES string of the molecule is C[C@H](c1ccccc1)n1cncc1C(=O)COC(CCl)CCl. The molecule has 0 radical (unpaired) electrons. The zero-order valence-corrected chi connectivity index (χ0v) is 13.8. The largest absolute Gasteiger partial charge is 0.368 e. The van der Waals surface area contributed by atoms with Gasteiger partial charge in [-0.2, -0.15) is 0 Å². The minimum atomic E-state index is -0.324. The molecule has 1 heterocycles. The lowest BCUT2D eigenvalue weighted by Gasteiger charge is -2.17. The molecule has 0 bridgehead atoms. The quantitative estimate of drug-likeness (QED) is 0.545. The Morgan fingerprint density at radius 3 is 2.59 bits per heavy atom. The van der Waals surface area contributed by atoms with Crippen molar-refractivity contribution in [3.05, 3.63) is 54.1 Å². The van der Waals surface area contributed by atoms with E-state index in [4.69, 9.17) is 27.9 Å². The monoisotopic (exact) mass is 340 g/mol. The molecule has 0 aliphatic heterocycles. The van der Waals surface area contributed by atoms with E-state index in [0.717, 1.165) is 5.56 Å². The van der Waals surface area contributed by atoms with Crippen LogP contribution in [0.5, 0.6) is 0 Å². The van der Waals surface area contributed by atoms with E-state index in [1.54, 1.807) is 12.5 Å². The molecule has 0 amide bonds. The Kier molecular flexibility index (Phi) is 6.43. The van der Waals surface area contributed by atoms with Gasteiger partial charge in [0.05, 0.1) is 24.7 Å². The van der Waals surface area contributed by atoms with Gasteiger partial charge in [-0.05, 0) is 12.5 Å². The Bertz CT molecular complexity index is 597. The summed E-state index contributed by atoms with van der Waals surface area (Å²) in [5.74, 6) is 0.382. The van der Waals surface area contributed by atoms with Gasteiger partial charge < -0.3 is 9.30 Å². The maximum atomic E-state index is 12.3. The normalized spacial score (nSPS) is 12.5. The van der Waals surface area contributed by atoms with E-state index in [-0.39, 0.29) is 36.3 Å². The van der Waals surface area contributed by atoms with Gasteiger partial charge in [-0.1, -0.05) is 30.3 Å². The highest BCUT2D eigenvalue weighted by Crippen LogP contribution is 2.19. The Balaban J connectivity index is 2.10. The molecule has 1 atom stereocenters. The lowest BCUT2D eigenvalue weighted by molar-refractivity contribution is 0.0596. The summed E-state index contributed by atoms with van der Waals surface area (Å²) in [5, 5.41) is 0. The number of nitrogens with zero attached hydrogens (tertiary/aromatic N) is 2. The van der Waals surface area contributed by atoms with Crippen molar-refractivity contribution < 1.29 is 9.53 Å². The molecule has 0 saturated carbocycles. The average Bonchev–Trinajstić information content (AvgIpc) is 3.05. The zero-order chi connectivity index (χ0) is 15.9. The number of benzene rings is 1. The summed E-state index contributed by atoms with van der Waals surface area (Å²) in [6, 6.07) is 9.96. The number of ether oxygens (including phenoxy) is 1. The van der Waals surface area contributed by atoms with Crippen LogP contribution in [0.2, 0.25) is 0 Å². The van der Waals surface area contributed by atoms with Crippen LogP contribution in [0.25, 0.3) is 0 Å². The van der Waals surface area contributed by atoms with Gasteiger partial charge in [0.1, 0.15) is 12.3 Å². The van der Waals surface area contributed by atoms with Crippen molar-refractivity contribution in [2.75, 3.05) is 18.4 Å². The van der Waals surface area contributed by atoms with Crippen LogP contribution in [0.4, 0.5) is 0 Å². The Morgan fingerprint density at radius 1 is 1.27 bits per heavy atom. The van der Waals surface area contributed by atoms with Crippen molar-refractivity contribution in [2.24, 2.45) is 0 Å². The summed E-state index contributed by atoms with van der Waals surface area (Å²) in [7, 11) is 0. The Hall–Kier alpha value is -1.36. The summed E-state index contributed by atoms with van der Waals surface area (Å²) in [4.78, 5) is 16.4. The average molecular weight is 341 g/mol. The topological polar surface area (TPSA) is 44.1 Å². The molecular weight excluding hydrogens is 323 g/mol. The van der Waals surface area contributed by atoms with Crippen molar-refractivity contribution in [1.29, 1.82) is 0 Å². The van der Waals surface area contributed by atoms with Crippen molar-refractivity contribution in [1.82, 2.24) is 9.55 Å². The Labute approximate surface area is 140 Å². The van der Waals surface area contributed by atoms with Gasteiger partial charge in [0.2, 0.25) is 5.78 Å². The van der Waals surface area contributed by atoms with Gasteiger partial charge in [-0.15, -0.1) is 23.2 Å². The number of carbonyl (C=O) groups is 1. The number of Topliss-reactive ketones (excluding diaryl/α,β-unsaturated/α-hetero) is 1. The van der Waals surface area contributed by atoms with Crippen LogP contribution < -0.4 is 0 Å². The first-order chi connectivity index (χ1) is 10.7. The number of hydrogen-bond donors (Lipinski definition) is 0. The van der Waals surface area contributed by atoms with Crippen LogP contribution in [-0.4, -0.2) is 39.8 Å². The molecule has 1 aromatic heterocycles. The lowest BCUT2D eigenvalue weighted by Crippen LogP contribution is -2.23. The number of hydrogen-bond acceptors (Lipinski definition) is 3. The lowest BCUT2D eigenvalue weighted by atomic mass is 10.1. The van der Waals surface area contributed by atoms with E-state index in [1.807, 2.05) is 41.8 Å². The Morgan fingerprint density at radius 2 is 1.95 bits per heavy atom. The van der Waals surface area contributed by atoms with Crippen LogP contribution in [0.3, 0.4) is 0 Å². The molecule has 1 aromatic carbocycles. The maximum Gasteiger partial charge on any atom is 0.206 e. The molecule has 0 aliphatic carbocycles. The molecule has 4 nitrogen and oxygen atoms in total. The summed E-state index contributed by atoms with van der Waals surface area (Å²) in [6.07, 6.45) is 2.89. The molecule has 0 aliphatic rings. The fraction of sp³-hybridized carbons (Fsp3) is 0.375. The van der Waals surface area contributed by atoms with Crippen LogP contribution in [0.1, 0.15) is 29.0 Å². The summed E-state index contributed by atoms with van der Waals surface area (Å²) >= 11 is 11.4. The third-order valence-corrected chi connectivity index (χ3v) is 4.13. The second-order valence-electron chi connectivity index (χ2n) is 4.94. The number of rotatable bonds is 8. The number of imidazole rings is 1. The van der Waals surface area contributed by atoms with Crippen molar-refractivity contribution in [3.63, 3.8) is 0 Å². The first-order valence-electron chi connectivity index (χ1n) is 7.00. The molecule has 0 spiro atoms. The third-order valence-electron chi connectivity index (χ3n) is 3.45. The highest BCUT2D eigenvalue weighted by atomic mass is 35.5. The smallest absolute Gasteiger partial charge is 0.206 e. The third kappa shape index (κ3) is 4.09. The molecular formula is C16H18Cl2N2O2. The van der Waals surface area contributed by atoms with E-state index >= 15 is 0 Å². The number of halogens is 2. The standard InChI is InChI=1S/C16H18Cl2N2O2/c1-12(13-5-3-2-4-6-13)20-11-19-9-15(20)16(21)10-22-14(7-17)8-18/h2-6,9,11-12,14H,7-8,10H2,1H3/t12-/m1/s1. The molecule has 6 heteroatoms. The second-order valence-corrected chi connectivity index (χ2v) is 5.55. The van der Waals surface area contributed by atoms with E-state index in [0.29, 0.717) is 5.69 Å². The van der Waals surface area contributed by atoms with Gasteiger partial charge in [0.25, 0.3) is 0 Å². The van der Waals surface area contributed by atoms with Gasteiger partial charge in [-0.3, -0.25) is 4.79 Å². The van der Waals surface area contributed by atoms with Crippen LogP contribution in [-0.2, 0) is 4.74 Å². The van der Waals surface area contributed by atoms with Gasteiger partial charge in [0.15, 0.2) is 0 Å². The molecule has 0 fully saturated rings. The highest BCUT2D eigenvalue weighted by Gasteiger charge is 2.18. The molecule has 2 aromatic rings. The second kappa shape index (κ2) is 8.32. The fourth-order valence-corrected chi connectivity index (χ4v) is 2.63. The first kappa shape index (κ1) is 17.0. The molecule has 22 heavy (non-hydrogen) atoms. The van der Waals surface area contributed by atoms with Crippen LogP contribution in [0, 0.1) is 0 Å². The van der Waals surface area contributed by atoms with Gasteiger partial charge in [0, 0.05) is 11.8 Å². The van der Waals surface area contributed by atoms with E-state index in [2.05, 4.69) is 4.98 Å². The molecule has 0 saturated heterocycles. The summed E-state index contributed by atoms with van der Waals surface area (Å²) < 4.78 is 7.26. The first-order valence-corrected chi connectivity index (χ1v) is 8.07. The predicted octanol–water partition coefficient (Wildman–Crippen LogP) is 3.54. The molecule has 2 rings (SSSR count). The van der Waals surface area contributed by atoms with Crippen molar-refractivity contribution in [2.45, 2.75) is 19.1 Å². The van der Waals surface area contributed by atoms with Gasteiger partial charge in [-0.25, -0.2) is 4.98 Å². The minimum absolute atomic E-state index is 0.0134. The summed E-state index contributed by atoms with van der Waals surface area (Å²) in [5.41, 5.74) is 1.62. The molecule has 0 N–H and O–H groups in total. The molecule has 0 unspecified atom stereocenters. The number of carbonyl (C=O) groups excluding carboxylic acids is 1. The number of alkyl halides is 2. The minimum Gasteiger partial charge on any atom is -0.368 e. The fourth-order valence-electron chi connectivity index (χ4n) is 2.12. The van der Waals surface area contributed by atoms with E-state index in [9.17, 15) is 4.79 Å². The number of aromatic nitrogens is 2. The predicted molar refractivity (Wildman–Crippen MR) is 88.0 cm³/mol. The highest BCUT2D eigenvalue weighted by molar-refractivity contribution is 6.21. The molecule has 118 valence electrons. The maximum absolute atomic E-state index is 12.3. The van der Waals surface area contributed by atoms with Gasteiger partial charge >= 0.3 is 0 Å². The van der Waals surface area contributed by atoms with Crippen LogP contribution >= 0.6 is 23.2 Å².